The molecule has 1 nitrogen and oxygen atoms in total. The zero-order valence-electron chi connectivity index (χ0n) is 12.2. The first kappa shape index (κ1) is 15.2. The lowest BCUT2D eigenvalue weighted by Crippen LogP contribution is -2.20. The number of hydrogen-bond donors (Lipinski definition) is 1. The molecule has 0 aliphatic carbocycles. The quantitative estimate of drug-likeness (QED) is 0.847. The van der Waals surface area contributed by atoms with Crippen LogP contribution in [-0.4, -0.2) is 7.05 Å². The van der Waals surface area contributed by atoms with Crippen molar-refractivity contribution in [3.8, 4) is 0 Å². The van der Waals surface area contributed by atoms with E-state index in [0.29, 0.717) is 0 Å². The number of halogens is 2. The van der Waals surface area contributed by atoms with Gasteiger partial charge in [0.15, 0.2) is 0 Å². The van der Waals surface area contributed by atoms with Gasteiger partial charge in [0, 0.05) is 4.47 Å². The van der Waals surface area contributed by atoms with Crippen molar-refractivity contribution in [3.63, 3.8) is 0 Å². The van der Waals surface area contributed by atoms with Crippen LogP contribution in [0.3, 0.4) is 0 Å². The van der Waals surface area contributed by atoms with E-state index in [-0.39, 0.29) is 11.9 Å². The largest absolute Gasteiger partial charge is 0.309 e. The monoisotopic (exact) mass is 335 g/mol. The molecular formula is C17H19BrFN. The number of hydrogen-bond acceptors (Lipinski definition) is 1. The van der Waals surface area contributed by atoms with E-state index in [1.165, 1.54) is 28.3 Å². The van der Waals surface area contributed by atoms with Crippen LogP contribution in [0.1, 0.15) is 33.9 Å². The van der Waals surface area contributed by atoms with Gasteiger partial charge < -0.3 is 5.32 Å². The highest BCUT2D eigenvalue weighted by atomic mass is 79.9. The van der Waals surface area contributed by atoms with Crippen molar-refractivity contribution in [2.24, 2.45) is 0 Å². The van der Waals surface area contributed by atoms with Gasteiger partial charge in [0.2, 0.25) is 0 Å². The predicted molar refractivity (Wildman–Crippen MR) is 85.7 cm³/mol. The fourth-order valence-electron chi connectivity index (χ4n) is 2.87. The third kappa shape index (κ3) is 3.10. The molecule has 2 rings (SSSR count). The molecule has 1 unspecified atom stereocenters. The molecule has 0 aromatic heterocycles. The number of nitrogens with one attached hydrogen (secondary N) is 1. The zero-order chi connectivity index (χ0) is 14.9. The first-order chi connectivity index (χ1) is 9.42. The van der Waals surface area contributed by atoms with E-state index in [9.17, 15) is 4.39 Å². The Morgan fingerprint density at radius 2 is 1.60 bits per heavy atom. The van der Waals surface area contributed by atoms with Crippen molar-refractivity contribution < 1.29 is 4.39 Å². The van der Waals surface area contributed by atoms with Gasteiger partial charge in [0.1, 0.15) is 5.82 Å². The lowest BCUT2D eigenvalue weighted by atomic mass is 9.90. The summed E-state index contributed by atoms with van der Waals surface area (Å²) in [7, 11) is 1.90. The molecule has 0 saturated heterocycles. The van der Waals surface area contributed by atoms with Crippen molar-refractivity contribution in [3.05, 3.63) is 68.4 Å². The molecule has 2 aromatic carbocycles. The van der Waals surface area contributed by atoms with Gasteiger partial charge in [-0.3, -0.25) is 0 Å². The molecule has 3 heteroatoms. The van der Waals surface area contributed by atoms with Crippen LogP contribution in [0.15, 0.2) is 34.8 Å². The van der Waals surface area contributed by atoms with Crippen LogP contribution < -0.4 is 5.32 Å². The molecule has 1 atom stereocenters. The van der Waals surface area contributed by atoms with Gasteiger partial charge in [-0.05, 0) is 68.3 Å². The van der Waals surface area contributed by atoms with Crippen molar-refractivity contribution >= 4 is 15.9 Å². The molecule has 0 bridgehead atoms. The van der Waals surface area contributed by atoms with Crippen LogP contribution in [-0.2, 0) is 0 Å². The summed E-state index contributed by atoms with van der Waals surface area (Å²) in [5.41, 5.74) is 5.84. The second-order valence-electron chi connectivity index (χ2n) is 5.24. The van der Waals surface area contributed by atoms with Crippen molar-refractivity contribution in [1.82, 2.24) is 5.32 Å². The minimum atomic E-state index is -0.225. The minimum absolute atomic E-state index is 0.0115. The SMILES string of the molecule is CNC(c1cc(F)cc(Br)c1)c1c(C)cc(C)cc1C. The molecule has 0 aliphatic heterocycles. The van der Waals surface area contributed by atoms with E-state index < -0.39 is 0 Å². The molecule has 0 amide bonds. The van der Waals surface area contributed by atoms with Gasteiger partial charge in [-0.2, -0.15) is 0 Å². The Labute approximate surface area is 128 Å². The Hall–Kier alpha value is -1.19. The summed E-state index contributed by atoms with van der Waals surface area (Å²) in [6.45, 7) is 6.30. The second-order valence-corrected chi connectivity index (χ2v) is 6.15. The van der Waals surface area contributed by atoms with Gasteiger partial charge in [-0.1, -0.05) is 33.6 Å². The van der Waals surface area contributed by atoms with Crippen LogP contribution in [0.25, 0.3) is 0 Å². The van der Waals surface area contributed by atoms with Gasteiger partial charge >= 0.3 is 0 Å². The smallest absolute Gasteiger partial charge is 0.124 e. The zero-order valence-corrected chi connectivity index (χ0v) is 13.8. The fourth-order valence-corrected chi connectivity index (χ4v) is 3.35. The molecule has 2 aromatic rings. The molecule has 106 valence electrons. The highest BCUT2D eigenvalue weighted by Crippen LogP contribution is 2.30. The van der Waals surface area contributed by atoms with Gasteiger partial charge in [-0.25, -0.2) is 4.39 Å². The predicted octanol–water partition coefficient (Wildman–Crippen LogP) is 4.82. The van der Waals surface area contributed by atoms with Gasteiger partial charge in [-0.15, -0.1) is 0 Å². The lowest BCUT2D eigenvalue weighted by molar-refractivity contribution is 0.614. The highest BCUT2D eigenvalue weighted by molar-refractivity contribution is 9.10. The molecule has 0 aliphatic rings. The summed E-state index contributed by atoms with van der Waals surface area (Å²) in [5, 5.41) is 3.30. The van der Waals surface area contributed by atoms with Gasteiger partial charge in [0.05, 0.1) is 6.04 Å². The number of rotatable bonds is 3. The Morgan fingerprint density at radius 1 is 1.00 bits per heavy atom. The topological polar surface area (TPSA) is 12.0 Å². The molecule has 20 heavy (non-hydrogen) atoms. The highest BCUT2D eigenvalue weighted by Gasteiger charge is 2.18. The maximum absolute atomic E-state index is 13.6. The maximum Gasteiger partial charge on any atom is 0.124 e. The second kappa shape index (κ2) is 6.06. The molecule has 1 N–H and O–H groups in total. The van der Waals surface area contributed by atoms with Crippen LogP contribution in [0.5, 0.6) is 0 Å². The van der Waals surface area contributed by atoms with Crippen molar-refractivity contribution in [2.45, 2.75) is 26.8 Å². The van der Waals surface area contributed by atoms with Crippen molar-refractivity contribution in [2.75, 3.05) is 7.05 Å². The standard InChI is InChI=1S/C17H19BrFN/c1-10-5-11(2)16(12(3)6-10)17(20-4)13-7-14(18)9-15(19)8-13/h5-9,17,20H,1-4H3. The van der Waals surface area contributed by atoms with Crippen LogP contribution in [0, 0.1) is 26.6 Å². The Kier molecular flexibility index (Phi) is 4.61. The summed E-state index contributed by atoms with van der Waals surface area (Å²) < 4.78 is 14.4. The van der Waals surface area contributed by atoms with Crippen LogP contribution >= 0.6 is 15.9 Å². The average Bonchev–Trinajstić information content (AvgIpc) is 2.32. The summed E-state index contributed by atoms with van der Waals surface area (Å²) in [4.78, 5) is 0. The third-order valence-corrected chi connectivity index (χ3v) is 3.99. The summed E-state index contributed by atoms with van der Waals surface area (Å²) in [5.74, 6) is -0.225. The molecular weight excluding hydrogens is 317 g/mol. The fraction of sp³-hybridized carbons (Fsp3) is 0.294. The number of aryl methyl sites for hydroxylation is 3. The normalized spacial score (nSPS) is 12.5. The summed E-state index contributed by atoms with van der Waals surface area (Å²) in [6.07, 6.45) is 0. The molecule has 0 fully saturated rings. The van der Waals surface area contributed by atoms with Gasteiger partial charge in [0.25, 0.3) is 0 Å². The van der Waals surface area contributed by atoms with E-state index in [1.807, 2.05) is 13.1 Å². The first-order valence-electron chi connectivity index (χ1n) is 6.63. The van der Waals surface area contributed by atoms with Crippen LogP contribution in [0.2, 0.25) is 0 Å². The molecule has 0 saturated carbocycles. The maximum atomic E-state index is 13.6. The van der Waals surface area contributed by atoms with E-state index in [4.69, 9.17) is 0 Å². The van der Waals surface area contributed by atoms with Crippen molar-refractivity contribution in [1.29, 1.82) is 0 Å². The Morgan fingerprint density at radius 3 is 2.10 bits per heavy atom. The first-order valence-corrected chi connectivity index (χ1v) is 7.42. The Bertz CT molecular complexity index is 594. The number of benzene rings is 2. The molecule has 0 heterocycles. The minimum Gasteiger partial charge on any atom is -0.309 e. The molecule has 0 spiro atoms. The van der Waals surface area contributed by atoms with E-state index in [2.05, 4.69) is 54.2 Å². The summed E-state index contributed by atoms with van der Waals surface area (Å²) >= 11 is 3.36. The molecule has 0 radical (unpaired) electrons. The average molecular weight is 336 g/mol. The van der Waals surface area contributed by atoms with E-state index in [0.717, 1.165) is 10.0 Å². The van der Waals surface area contributed by atoms with E-state index in [1.54, 1.807) is 6.07 Å². The summed E-state index contributed by atoms with van der Waals surface area (Å²) in [6, 6.07) is 9.35. The lowest BCUT2D eigenvalue weighted by Gasteiger charge is -2.22. The van der Waals surface area contributed by atoms with E-state index >= 15 is 0 Å². The van der Waals surface area contributed by atoms with Crippen LogP contribution in [0.4, 0.5) is 4.39 Å². The Balaban J connectivity index is 2.58. The third-order valence-electron chi connectivity index (χ3n) is 3.53.